The lowest BCUT2D eigenvalue weighted by Gasteiger charge is -2.34. The molecule has 7 heteroatoms. The molecule has 0 radical (unpaired) electrons. The van der Waals surface area contributed by atoms with E-state index >= 15 is 0 Å². The van der Waals surface area contributed by atoms with Crippen LogP contribution in [0.25, 0.3) is 10.4 Å². The van der Waals surface area contributed by atoms with Gasteiger partial charge in [0.15, 0.2) is 5.82 Å². The molecule has 0 amide bonds. The molecule has 2 heterocycles. The number of nitrogens with zero attached hydrogens (tertiary/aromatic N) is 3. The fraction of sp³-hybridized carbons (Fsp3) is 0.278. The number of nitrogens with one attached hydrogen (secondary N) is 1. The van der Waals surface area contributed by atoms with Crippen LogP contribution in [0.1, 0.15) is 29.8 Å². The van der Waals surface area contributed by atoms with Crippen molar-refractivity contribution in [2.45, 2.75) is 31.8 Å². The molecule has 128 valence electrons. The molecule has 0 aliphatic heterocycles. The summed E-state index contributed by atoms with van der Waals surface area (Å²) in [5.41, 5.74) is 2.16. The quantitative estimate of drug-likeness (QED) is 0.734. The maximum atomic E-state index is 12.9. The summed E-state index contributed by atoms with van der Waals surface area (Å²) in [6, 6.07) is 6.01. The smallest absolute Gasteiger partial charge is 0.227 e. The first-order valence-corrected chi connectivity index (χ1v) is 8.89. The maximum absolute atomic E-state index is 12.9. The summed E-state index contributed by atoms with van der Waals surface area (Å²) < 4.78 is 12.9. The second kappa shape index (κ2) is 6.16. The van der Waals surface area contributed by atoms with Crippen molar-refractivity contribution in [1.29, 1.82) is 0 Å². The minimum atomic E-state index is -0.740. The van der Waals surface area contributed by atoms with Gasteiger partial charge in [-0.05, 0) is 49.4 Å². The number of hydrogen-bond acceptors (Lipinski definition) is 6. The topological polar surface area (TPSA) is 70.9 Å². The first kappa shape index (κ1) is 16.1. The number of hydrogen-bond donors (Lipinski definition) is 2. The van der Waals surface area contributed by atoms with Crippen LogP contribution in [-0.2, 0) is 5.60 Å². The van der Waals surface area contributed by atoms with E-state index in [0.29, 0.717) is 5.95 Å². The molecule has 5 nitrogen and oxygen atoms in total. The van der Waals surface area contributed by atoms with Crippen molar-refractivity contribution >= 4 is 23.0 Å². The molecule has 0 atom stereocenters. The lowest BCUT2D eigenvalue weighted by Crippen LogP contribution is -2.33. The van der Waals surface area contributed by atoms with Gasteiger partial charge in [0.2, 0.25) is 5.95 Å². The summed E-state index contributed by atoms with van der Waals surface area (Å²) in [7, 11) is 0. The predicted molar refractivity (Wildman–Crippen MR) is 95.3 cm³/mol. The largest absolute Gasteiger partial charge is 0.383 e. The van der Waals surface area contributed by atoms with Crippen molar-refractivity contribution in [3.8, 4) is 10.4 Å². The van der Waals surface area contributed by atoms with Gasteiger partial charge in [-0.3, -0.25) is 0 Å². The highest BCUT2D eigenvalue weighted by molar-refractivity contribution is 7.15. The van der Waals surface area contributed by atoms with Crippen LogP contribution in [0.3, 0.4) is 0 Å². The van der Waals surface area contributed by atoms with Crippen molar-refractivity contribution in [3.05, 3.63) is 53.2 Å². The Morgan fingerprint density at radius 1 is 1.12 bits per heavy atom. The van der Waals surface area contributed by atoms with Gasteiger partial charge in [-0.25, -0.2) is 19.3 Å². The number of aryl methyl sites for hydroxylation is 1. The fourth-order valence-electron chi connectivity index (χ4n) is 2.85. The summed E-state index contributed by atoms with van der Waals surface area (Å²) in [5, 5.41) is 14.3. The number of thiazole rings is 1. The molecule has 1 saturated carbocycles. The van der Waals surface area contributed by atoms with E-state index in [2.05, 4.69) is 26.3 Å². The molecule has 0 saturated heterocycles. The molecule has 0 unspecified atom stereocenters. The maximum Gasteiger partial charge on any atom is 0.227 e. The van der Waals surface area contributed by atoms with Gasteiger partial charge in [0.1, 0.15) is 10.6 Å². The van der Waals surface area contributed by atoms with Crippen molar-refractivity contribution < 1.29 is 9.50 Å². The molecule has 3 aromatic rings. The van der Waals surface area contributed by atoms with E-state index in [1.165, 1.54) is 11.3 Å². The van der Waals surface area contributed by atoms with E-state index < -0.39 is 11.4 Å². The minimum Gasteiger partial charge on any atom is -0.383 e. The van der Waals surface area contributed by atoms with Crippen molar-refractivity contribution in [2.75, 3.05) is 5.32 Å². The summed E-state index contributed by atoms with van der Waals surface area (Å²) in [6.45, 7) is 2.00. The lowest BCUT2D eigenvalue weighted by molar-refractivity contribution is -0.0389. The third-order valence-electron chi connectivity index (χ3n) is 4.32. The molecule has 1 fully saturated rings. The molecule has 0 spiro atoms. The number of anilines is 2. The summed E-state index contributed by atoms with van der Waals surface area (Å²) in [5.74, 6) is -0.131. The Kier molecular flexibility index (Phi) is 3.97. The van der Waals surface area contributed by atoms with Gasteiger partial charge < -0.3 is 10.4 Å². The van der Waals surface area contributed by atoms with E-state index in [1.54, 1.807) is 0 Å². The first-order chi connectivity index (χ1) is 12.0. The molecule has 1 aromatic carbocycles. The van der Waals surface area contributed by atoms with Crippen LogP contribution in [0.15, 0.2) is 36.8 Å². The number of aliphatic hydroxyl groups is 1. The fourth-order valence-corrected chi connectivity index (χ4v) is 3.90. The van der Waals surface area contributed by atoms with Gasteiger partial charge >= 0.3 is 0 Å². The van der Waals surface area contributed by atoms with E-state index in [0.717, 1.165) is 58.4 Å². The average molecular weight is 356 g/mol. The zero-order valence-electron chi connectivity index (χ0n) is 13.7. The van der Waals surface area contributed by atoms with Crippen LogP contribution in [0, 0.1) is 12.7 Å². The van der Waals surface area contributed by atoms with Crippen LogP contribution in [-0.4, -0.2) is 20.1 Å². The number of benzene rings is 1. The second-order valence-electron chi connectivity index (χ2n) is 6.35. The number of rotatable bonds is 4. The average Bonchev–Trinajstić information content (AvgIpc) is 3.05. The zero-order valence-corrected chi connectivity index (χ0v) is 14.5. The second-order valence-corrected chi connectivity index (χ2v) is 7.38. The number of halogens is 1. The molecule has 0 bridgehead atoms. The third-order valence-corrected chi connectivity index (χ3v) is 5.56. The Labute approximate surface area is 148 Å². The van der Waals surface area contributed by atoms with E-state index in [-0.39, 0.29) is 0 Å². The van der Waals surface area contributed by atoms with Gasteiger partial charge in [0.05, 0.1) is 17.3 Å². The highest BCUT2D eigenvalue weighted by Gasteiger charge is 2.39. The zero-order chi connectivity index (χ0) is 17.4. The summed E-state index contributed by atoms with van der Waals surface area (Å²) in [4.78, 5) is 13.3. The van der Waals surface area contributed by atoms with Gasteiger partial charge in [0.25, 0.3) is 0 Å². The van der Waals surface area contributed by atoms with E-state index in [4.69, 9.17) is 0 Å². The highest BCUT2D eigenvalue weighted by Crippen LogP contribution is 2.44. The molecular formula is C18H17FN4OS. The third kappa shape index (κ3) is 3.25. The lowest BCUT2D eigenvalue weighted by atomic mass is 9.81. The Morgan fingerprint density at radius 2 is 1.88 bits per heavy atom. The highest BCUT2D eigenvalue weighted by atomic mass is 32.1. The summed E-state index contributed by atoms with van der Waals surface area (Å²) >= 11 is 1.52. The van der Waals surface area contributed by atoms with Crippen LogP contribution in [0.2, 0.25) is 0 Å². The van der Waals surface area contributed by atoms with Crippen molar-refractivity contribution in [1.82, 2.24) is 15.0 Å². The molecule has 2 aromatic heterocycles. The van der Waals surface area contributed by atoms with E-state index in [9.17, 15) is 9.50 Å². The Hall–Kier alpha value is -2.38. The van der Waals surface area contributed by atoms with E-state index in [1.807, 2.05) is 25.3 Å². The molecule has 2 N–H and O–H groups in total. The van der Waals surface area contributed by atoms with Crippen molar-refractivity contribution in [2.24, 2.45) is 0 Å². The molecular weight excluding hydrogens is 339 g/mol. The Morgan fingerprint density at radius 3 is 2.56 bits per heavy atom. The molecule has 1 aliphatic carbocycles. The van der Waals surface area contributed by atoms with Crippen LogP contribution in [0.5, 0.6) is 0 Å². The van der Waals surface area contributed by atoms with Gasteiger partial charge in [-0.1, -0.05) is 6.07 Å². The van der Waals surface area contributed by atoms with Gasteiger partial charge in [-0.2, -0.15) is 0 Å². The predicted octanol–water partition coefficient (Wildman–Crippen LogP) is 4.16. The monoisotopic (exact) mass is 356 g/mol. The van der Waals surface area contributed by atoms with Gasteiger partial charge in [-0.15, -0.1) is 11.3 Å². The van der Waals surface area contributed by atoms with Crippen molar-refractivity contribution in [3.63, 3.8) is 0 Å². The SMILES string of the molecule is Cc1cc(Nc2ncc(F)cn2)cc(-c2cnc(C3(O)CCC3)s2)c1. The van der Waals surface area contributed by atoms with Crippen LogP contribution in [0.4, 0.5) is 16.0 Å². The van der Waals surface area contributed by atoms with Crippen LogP contribution >= 0.6 is 11.3 Å². The standard InChI is InChI=1S/C18H17FN4OS/c1-11-5-12(15-10-20-16(25-15)18(24)3-2-4-18)7-14(6-11)23-17-21-8-13(19)9-22-17/h5-10,24H,2-4H2,1H3,(H,21,22,23). The molecule has 4 rings (SSSR count). The number of aromatic nitrogens is 3. The Balaban J connectivity index is 1.62. The molecule has 25 heavy (non-hydrogen) atoms. The van der Waals surface area contributed by atoms with Crippen LogP contribution < -0.4 is 5.32 Å². The summed E-state index contributed by atoms with van der Waals surface area (Å²) in [6.07, 6.45) is 6.66. The molecule has 1 aliphatic rings. The Bertz CT molecular complexity index is 906. The normalized spacial score (nSPS) is 15.6. The first-order valence-electron chi connectivity index (χ1n) is 8.07. The van der Waals surface area contributed by atoms with Gasteiger partial charge in [0, 0.05) is 11.9 Å². The minimum absolute atomic E-state index is 0.340.